The van der Waals surface area contributed by atoms with Gasteiger partial charge < -0.3 is 11.1 Å². The van der Waals surface area contributed by atoms with E-state index in [-0.39, 0.29) is 35.2 Å². The van der Waals surface area contributed by atoms with Crippen molar-refractivity contribution in [2.75, 3.05) is 6.54 Å². The molecule has 2 atom stereocenters. The molecule has 128 valence electrons. The molecular formula is C18H26Cl2N2O. The van der Waals surface area contributed by atoms with E-state index in [1.54, 1.807) is 0 Å². The Morgan fingerprint density at radius 2 is 2.09 bits per heavy atom. The number of nitrogens with one attached hydrogen (secondary N) is 1. The van der Waals surface area contributed by atoms with E-state index in [0.717, 1.165) is 43.5 Å². The summed E-state index contributed by atoms with van der Waals surface area (Å²) in [4.78, 5) is 12.6. The number of halogens is 2. The van der Waals surface area contributed by atoms with Gasteiger partial charge in [0.25, 0.3) is 0 Å². The average molecular weight is 357 g/mol. The fourth-order valence-electron chi connectivity index (χ4n) is 3.71. The first-order valence-electron chi connectivity index (χ1n) is 8.26. The van der Waals surface area contributed by atoms with Crippen LogP contribution in [0.25, 0.3) is 0 Å². The minimum atomic E-state index is -0.366. The zero-order valence-electron chi connectivity index (χ0n) is 13.6. The summed E-state index contributed by atoms with van der Waals surface area (Å²) in [6.45, 7) is 2.71. The van der Waals surface area contributed by atoms with Crippen molar-refractivity contribution in [1.82, 2.24) is 5.32 Å². The molecule has 0 radical (unpaired) electrons. The number of nitrogens with two attached hydrogens (primary N) is 1. The molecule has 2 fully saturated rings. The van der Waals surface area contributed by atoms with Crippen LogP contribution in [0.15, 0.2) is 24.3 Å². The van der Waals surface area contributed by atoms with Gasteiger partial charge in [-0.25, -0.2) is 0 Å². The fourth-order valence-corrected chi connectivity index (χ4v) is 3.90. The van der Waals surface area contributed by atoms with Crippen LogP contribution in [0.5, 0.6) is 0 Å². The van der Waals surface area contributed by atoms with Crippen molar-refractivity contribution in [3.05, 3.63) is 34.9 Å². The van der Waals surface area contributed by atoms with Crippen LogP contribution in [0.3, 0.4) is 0 Å². The second-order valence-corrected chi connectivity index (χ2v) is 7.75. The van der Waals surface area contributed by atoms with Crippen LogP contribution in [0.1, 0.15) is 51.0 Å². The minimum Gasteiger partial charge on any atom is -0.355 e. The lowest BCUT2D eigenvalue weighted by molar-refractivity contribution is -0.128. The molecule has 0 aliphatic heterocycles. The molecule has 0 aromatic heterocycles. The molecule has 3 rings (SSSR count). The highest BCUT2D eigenvalue weighted by Gasteiger charge is 2.45. The Kier molecular flexibility index (Phi) is 5.65. The summed E-state index contributed by atoms with van der Waals surface area (Å²) in [5.41, 5.74) is 7.28. The maximum absolute atomic E-state index is 12.6. The van der Waals surface area contributed by atoms with Crippen molar-refractivity contribution in [2.24, 2.45) is 11.7 Å². The van der Waals surface area contributed by atoms with Gasteiger partial charge in [-0.3, -0.25) is 4.79 Å². The van der Waals surface area contributed by atoms with Crippen LogP contribution in [-0.2, 0) is 10.2 Å². The quantitative estimate of drug-likeness (QED) is 0.861. The number of carbonyl (C=O) groups excluding carboxylic acids is 1. The van der Waals surface area contributed by atoms with Gasteiger partial charge in [0.2, 0.25) is 5.91 Å². The van der Waals surface area contributed by atoms with E-state index in [0.29, 0.717) is 6.54 Å². The smallest absolute Gasteiger partial charge is 0.224 e. The van der Waals surface area contributed by atoms with Crippen LogP contribution >= 0.6 is 24.0 Å². The van der Waals surface area contributed by atoms with Crippen LogP contribution in [0.4, 0.5) is 0 Å². The van der Waals surface area contributed by atoms with Crippen molar-refractivity contribution < 1.29 is 4.79 Å². The third-order valence-electron chi connectivity index (χ3n) is 5.46. The molecule has 1 amide bonds. The number of rotatable bonds is 4. The van der Waals surface area contributed by atoms with E-state index in [2.05, 4.69) is 11.4 Å². The largest absolute Gasteiger partial charge is 0.355 e. The molecule has 0 saturated heterocycles. The van der Waals surface area contributed by atoms with Gasteiger partial charge in [0.15, 0.2) is 0 Å². The highest BCUT2D eigenvalue weighted by atomic mass is 35.5. The minimum absolute atomic E-state index is 0. The lowest BCUT2D eigenvalue weighted by Gasteiger charge is -2.37. The van der Waals surface area contributed by atoms with E-state index in [1.165, 1.54) is 5.56 Å². The number of hydrogen-bond acceptors (Lipinski definition) is 2. The van der Waals surface area contributed by atoms with E-state index in [9.17, 15) is 4.79 Å². The van der Waals surface area contributed by atoms with Crippen LogP contribution in [0, 0.1) is 5.92 Å². The second kappa shape index (κ2) is 7.00. The first-order chi connectivity index (χ1) is 10.4. The van der Waals surface area contributed by atoms with E-state index >= 15 is 0 Å². The van der Waals surface area contributed by atoms with Gasteiger partial charge in [0.1, 0.15) is 0 Å². The van der Waals surface area contributed by atoms with Gasteiger partial charge in [-0.15, -0.1) is 12.4 Å². The molecule has 3 N–H and O–H groups in total. The summed E-state index contributed by atoms with van der Waals surface area (Å²) in [6.07, 6.45) is 6.29. The highest BCUT2D eigenvalue weighted by molar-refractivity contribution is 6.30. The lowest BCUT2D eigenvalue weighted by Crippen LogP contribution is -2.53. The average Bonchev–Trinajstić information content (AvgIpc) is 3.25. The Hall–Kier alpha value is -0.770. The van der Waals surface area contributed by atoms with Crippen molar-refractivity contribution in [1.29, 1.82) is 0 Å². The molecule has 23 heavy (non-hydrogen) atoms. The molecular weight excluding hydrogens is 331 g/mol. The molecule has 1 aromatic carbocycles. The first-order valence-corrected chi connectivity index (χ1v) is 8.63. The van der Waals surface area contributed by atoms with Crippen molar-refractivity contribution >= 4 is 29.9 Å². The van der Waals surface area contributed by atoms with E-state index in [4.69, 9.17) is 17.3 Å². The maximum atomic E-state index is 12.6. The Morgan fingerprint density at radius 3 is 2.70 bits per heavy atom. The second-order valence-electron chi connectivity index (χ2n) is 7.31. The third kappa shape index (κ3) is 4.01. The standard InChI is InChI=1S/C18H25ClN2O.ClH/c1-17(20)8-3-2-7-15(17)16(22)21-12-18(9-10-18)13-5-4-6-14(19)11-13;/h4-6,11,15H,2-3,7-10,12,20H2,1H3,(H,21,22);1H. The lowest BCUT2D eigenvalue weighted by atomic mass is 9.74. The van der Waals surface area contributed by atoms with Gasteiger partial charge >= 0.3 is 0 Å². The molecule has 1 aromatic rings. The topological polar surface area (TPSA) is 55.1 Å². The fraction of sp³-hybridized carbons (Fsp3) is 0.611. The predicted octanol–water partition coefficient (Wildman–Crippen LogP) is 3.82. The van der Waals surface area contributed by atoms with Gasteiger partial charge in [0.05, 0.1) is 5.92 Å². The van der Waals surface area contributed by atoms with E-state index in [1.807, 2.05) is 25.1 Å². The summed E-state index contributed by atoms with van der Waals surface area (Å²) < 4.78 is 0. The van der Waals surface area contributed by atoms with Crippen molar-refractivity contribution in [3.8, 4) is 0 Å². The Labute approximate surface area is 149 Å². The molecule has 0 spiro atoms. The Balaban J connectivity index is 0.00000192. The zero-order valence-corrected chi connectivity index (χ0v) is 15.2. The van der Waals surface area contributed by atoms with Crippen LogP contribution in [-0.4, -0.2) is 18.0 Å². The van der Waals surface area contributed by atoms with Crippen molar-refractivity contribution in [3.63, 3.8) is 0 Å². The monoisotopic (exact) mass is 356 g/mol. The molecule has 5 heteroatoms. The maximum Gasteiger partial charge on any atom is 0.224 e. The number of amides is 1. The third-order valence-corrected chi connectivity index (χ3v) is 5.70. The SMILES string of the molecule is CC1(N)CCCCC1C(=O)NCC1(c2cccc(Cl)c2)CC1.Cl. The van der Waals surface area contributed by atoms with Crippen LogP contribution < -0.4 is 11.1 Å². The summed E-state index contributed by atoms with van der Waals surface area (Å²) in [5.74, 6) is 0.0643. The number of carbonyl (C=O) groups is 1. The summed E-state index contributed by atoms with van der Waals surface area (Å²) in [7, 11) is 0. The normalized spacial score (nSPS) is 28.6. The number of hydrogen-bond donors (Lipinski definition) is 2. The first kappa shape index (κ1) is 18.6. The molecule has 0 bridgehead atoms. The molecule has 2 unspecified atom stereocenters. The molecule has 3 nitrogen and oxygen atoms in total. The molecule has 2 aliphatic carbocycles. The summed E-state index contributed by atoms with van der Waals surface area (Å²) in [5, 5.41) is 3.93. The number of benzene rings is 1. The summed E-state index contributed by atoms with van der Waals surface area (Å²) >= 11 is 6.10. The molecule has 0 heterocycles. The Bertz CT molecular complexity index is 570. The van der Waals surface area contributed by atoms with Crippen molar-refractivity contribution in [2.45, 2.75) is 56.4 Å². The summed E-state index contributed by atoms with van der Waals surface area (Å²) in [6, 6.07) is 8.01. The zero-order chi connectivity index (χ0) is 15.8. The highest BCUT2D eigenvalue weighted by Crippen LogP contribution is 2.48. The van der Waals surface area contributed by atoms with Gasteiger partial charge in [0, 0.05) is 22.5 Å². The van der Waals surface area contributed by atoms with Gasteiger partial charge in [-0.2, -0.15) is 0 Å². The molecule has 2 aliphatic rings. The van der Waals surface area contributed by atoms with E-state index < -0.39 is 0 Å². The van der Waals surface area contributed by atoms with Crippen LogP contribution in [0.2, 0.25) is 5.02 Å². The predicted molar refractivity (Wildman–Crippen MR) is 97.2 cm³/mol. The van der Waals surface area contributed by atoms with Gasteiger partial charge in [-0.05, 0) is 50.3 Å². The molecule has 2 saturated carbocycles. The van der Waals surface area contributed by atoms with Gasteiger partial charge in [-0.1, -0.05) is 36.6 Å². The Morgan fingerprint density at radius 1 is 1.35 bits per heavy atom.